The van der Waals surface area contributed by atoms with Gasteiger partial charge in [-0.1, -0.05) is 0 Å². The Labute approximate surface area is 197 Å². The third kappa shape index (κ3) is 6.20. The summed E-state index contributed by atoms with van der Waals surface area (Å²) in [7, 11) is 0. The van der Waals surface area contributed by atoms with Gasteiger partial charge in [0.15, 0.2) is 11.6 Å². The second-order valence-electron chi connectivity index (χ2n) is 7.10. The molecule has 0 aliphatic heterocycles. The summed E-state index contributed by atoms with van der Waals surface area (Å²) in [6, 6.07) is 5.46. The second kappa shape index (κ2) is 9.71. The van der Waals surface area contributed by atoms with Crippen molar-refractivity contribution in [3.05, 3.63) is 76.9 Å². The highest BCUT2D eigenvalue weighted by molar-refractivity contribution is 6.08. The number of hydrogen-bond acceptors (Lipinski definition) is 5. The Bertz CT molecular complexity index is 1320. The number of halogens is 7. The Morgan fingerprint density at radius 3 is 2.22 bits per heavy atom. The number of nitrogens with two attached hydrogens (primary N) is 1. The van der Waals surface area contributed by atoms with Crippen LogP contribution in [0.25, 0.3) is 0 Å². The minimum atomic E-state index is -5.09. The lowest BCUT2D eigenvalue weighted by atomic mass is 10.00. The standard InChI is InChI=1S/C22H14F7N3O4/c1-10-13(21(24,25)26)3-5-17(35-16-4-2-12(9-14(16)23)36-22(27,28)29)18(10)20(34)32-11-6-7-31-15(8-11)19(30)33/h2-9H,1H3,(H2,30,33)(H,31,32,34). The average Bonchev–Trinajstić information content (AvgIpc) is 2.73. The summed E-state index contributed by atoms with van der Waals surface area (Å²) in [5.41, 5.74) is 2.40. The minimum Gasteiger partial charge on any atom is -0.453 e. The normalized spacial score (nSPS) is 11.7. The van der Waals surface area contributed by atoms with Gasteiger partial charge < -0.3 is 20.5 Å². The minimum absolute atomic E-state index is 0.0496. The van der Waals surface area contributed by atoms with E-state index < -0.39 is 64.1 Å². The lowest BCUT2D eigenvalue weighted by Crippen LogP contribution is -2.19. The molecule has 0 unspecified atom stereocenters. The largest absolute Gasteiger partial charge is 0.573 e. The highest BCUT2D eigenvalue weighted by Gasteiger charge is 2.35. The van der Waals surface area contributed by atoms with Gasteiger partial charge in [-0.2, -0.15) is 13.2 Å². The number of amides is 2. The number of rotatable bonds is 6. The summed E-state index contributed by atoms with van der Waals surface area (Å²) in [5, 5.41) is 2.28. The summed E-state index contributed by atoms with van der Waals surface area (Å²) in [6.07, 6.45) is -8.84. The molecule has 0 radical (unpaired) electrons. The molecule has 2 amide bonds. The van der Waals surface area contributed by atoms with Gasteiger partial charge in [0.2, 0.25) is 0 Å². The van der Waals surface area contributed by atoms with Crippen LogP contribution in [-0.4, -0.2) is 23.2 Å². The molecule has 0 aliphatic rings. The molecule has 14 heteroatoms. The van der Waals surface area contributed by atoms with Crippen LogP contribution in [0.15, 0.2) is 48.7 Å². The zero-order valence-electron chi connectivity index (χ0n) is 17.9. The van der Waals surface area contributed by atoms with Crippen molar-refractivity contribution in [3.8, 4) is 17.2 Å². The molecule has 1 heterocycles. The maximum atomic E-state index is 14.4. The first kappa shape index (κ1) is 26.2. The van der Waals surface area contributed by atoms with Crippen molar-refractivity contribution in [2.45, 2.75) is 19.5 Å². The monoisotopic (exact) mass is 517 g/mol. The summed E-state index contributed by atoms with van der Waals surface area (Å²) < 4.78 is 101. The number of carbonyl (C=O) groups is 2. The van der Waals surface area contributed by atoms with Crippen molar-refractivity contribution < 1.29 is 49.8 Å². The van der Waals surface area contributed by atoms with Gasteiger partial charge in [-0.25, -0.2) is 4.39 Å². The zero-order chi connectivity index (χ0) is 26.8. The molecule has 0 bridgehead atoms. The smallest absolute Gasteiger partial charge is 0.453 e. The lowest BCUT2D eigenvalue weighted by molar-refractivity contribution is -0.274. The maximum Gasteiger partial charge on any atom is 0.573 e. The van der Waals surface area contributed by atoms with E-state index in [1.165, 1.54) is 6.07 Å². The van der Waals surface area contributed by atoms with Gasteiger partial charge in [-0.05, 0) is 48.9 Å². The Balaban J connectivity index is 2.02. The van der Waals surface area contributed by atoms with Gasteiger partial charge in [0.05, 0.1) is 11.1 Å². The number of primary amides is 1. The zero-order valence-corrected chi connectivity index (χ0v) is 17.9. The van der Waals surface area contributed by atoms with Gasteiger partial charge in [0, 0.05) is 18.0 Å². The van der Waals surface area contributed by atoms with Crippen LogP contribution in [-0.2, 0) is 6.18 Å². The number of anilines is 1. The van der Waals surface area contributed by atoms with E-state index in [-0.39, 0.29) is 11.4 Å². The summed E-state index contributed by atoms with van der Waals surface area (Å²) in [5.74, 6) is -5.55. The fraction of sp³-hybridized carbons (Fsp3) is 0.136. The van der Waals surface area contributed by atoms with Crippen molar-refractivity contribution in [2.75, 3.05) is 5.32 Å². The van der Waals surface area contributed by atoms with Crippen molar-refractivity contribution in [3.63, 3.8) is 0 Å². The van der Waals surface area contributed by atoms with Crippen LogP contribution in [0.4, 0.5) is 36.4 Å². The summed E-state index contributed by atoms with van der Waals surface area (Å²) in [4.78, 5) is 27.9. The Morgan fingerprint density at radius 1 is 0.972 bits per heavy atom. The maximum absolute atomic E-state index is 14.4. The predicted octanol–water partition coefficient (Wildman–Crippen LogP) is 5.59. The van der Waals surface area contributed by atoms with E-state index in [1.807, 2.05) is 0 Å². The van der Waals surface area contributed by atoms with Crippen LogP contribution in [0, 0.1) is 12.7 Å². The van der Waals surface area contributed by atoms with Crippen molar-refractivity contribution in [1.82, 2.24) is 4.98 Å². The van der Waals surface area contributed by atoms with E-state index in [0.29, 0.717) is 18.2 Å². The number of alkyl halides is 6. The number of nitrogens with zero attached hydrogens (tertiary/aromatic N) is 1. The quantitative estimate of drug-likeness (QED) is 0.415. The molecule has 0 atom stereocenters. The molecule has 0 aliphatic carbocycles. The number of pyridine rings is 1. The van der Waals surface area contributed by atoms with Crippen molar-refractivity contribution in [1.29, 1.82) is 0 Å². The summed E-state index contributed by atoms with van der Waals surface area (Å²) in [6.45, 7) is 0.975. The Morgan fingerprint density at radius 2 is 1.64 bits per heavy atom. The van der Waals surface area contributed by atoms with Crippen LogP contribution in [0.5, 0.6) is 17.2 Å². The van der Waals surface area contributed by atoms with Crippen LogP contribution < -0.4 is 20.5 Å². The topological polar surface area (TPSA) is 104 Å². The fourth-order valence-corrected chi connectivity index (χ4v) is 3.08. The van der Waals surface area contributed by atoms with E-state index in [0.717, 1.165) is 31.3 Å². The number of ether oxygens (including phenoxy) is 2. The summed E-state index contributed by atoms with van der Waals surface area (Å²) >= 11 is 0. The number of nitrogens with one attached hydrogen (secondary N) is 1. The number of benzene rings is 2. The first-order valence-electron chi connectivity index (χ1n) is 9.67. The van der Waals surface area contributed by atoms with Crippen molar-refractivity contribution in [2.24, 2.45) is 5.73 Å². The van der Waals surface area contributed by atoms with Crippen LogP contribution in [0.1, 0.15) is 32.0 Å². The molecule has 7 nitrogen and oxygen atoms in total. The molecule has 3 rings (SSSR count). The molecule has 0 fully saturated rings. The average molecular weight is 517 g/mol. The Hall–Kier alpha value is -4.36. The van der Waals surface area contributed by atoms with Crippen molar-refractivity contribution >= 4 is 17.5 Å². The van der Waals surface area contributed by atoms with Gasteiger partial charge >= 0.3 is 12.5 Å². The van der Waals surface area contributed by atoms with Gasteiger partial charge in [-0.15, -0.1) is 13.2 Å². The van der Waals surface area contributed by atoms with E-state index in [4.69, 9.17) is 10.5 Å². The SMILES string of the molecule is Cc1c(C(F)(F)F)ccc(Oc2ccc(OC(F)(F)F)cc2F)c1C(=O)Nc1ccnc(C(N)=O)c1. The molecule has 36 heavy (non-hydrogen) atoms. The molecular formula is C22H14F7N3O4. The van der Waals surface area contributed by atoms with E-state index >= 15 is 0 Å². The first-order valence-corrected chi connectivity index (χ1v) is 9.67. The molecule has 0 spiro atoms. The third-order valence-corrected chi connectivity index (χ3v) is 4.59. The lowest BCUT2D eigenvalue weighted by Gasteiger charge is -2.18. The molecule has 2 aromatic carbocycles. The van der Waals surface area contributed by atoms with Crippen LogP contribution >= 0.6 is 0 Å². The van der Waals surface area contributed by atoms with E-state index in [1.54, 1.807) is 0 Å². The first-order chi connectivity index (χ1) is 16.7. The highest BCUT2D eigenvalue weighted by atomic mass is 19.4. The molecule has 3 aromatic rings. The molecule has 190 valence electrons. The number of carbonyl (C=O) groups excluding carboxylic acids is 2. The van der Waals surface area contributed by atoms with Crippen LogP contribution in [0.3, 0.4) is 0 Å². The molecular weight excluding hydrogens is 503 g/mol. The fourth-order valence-electron chi connectivity index (χ4n) is 3.08. The Kier molecular flexibility index (Phi) is 7.08. The van der Waals surface area contributed by atoms with E-state index in [2.05, 4.69) is 15.0 Å². The molecule has 1 aromatic heterocycles. The predicted molar refractivity (Wildman–Crippen MR) is 110 cm³/mol. The molecule has 3 N–H and O–H groups in total. The van der Waals surface area contributed by atoms with Gasteiger partial charge in [-0.3, -0.25) is 14.6 Å². The van der Waals surface area contributed by atoms with Crippen LogP contribution in [0.2, 0.25) is 0 Å². The second-order valence-corrected chi connectivity index (χ2v) is 7.10. The van der Waals surface area contributed by atoms with E-state index in [9.17, 15) is 40.3 Å². The number of hydrogen-bond donors (Lipinski definition) is 2. The molecule has 0 saturated heterocycles. The van der Waals surface area contributed by atoms with Gasteiger partial charge in [0.1, 0.15) is 17.2 Å². The molecule has 0 saturated carbocycles. The number of aromatic nitrogens is 1. The highest BCUT2D eigenvalue weighted by Crippen LogP contribution is 2.39. The van der Waals surface area contributed by atoms with Gasteiger partial charge in [0.25, 0.3) is 11.8 Å². The third-order valence-electron chi connectivity index (χ3n) is 4.59.